The van der Waals surface area contributed by atoms with Gasteiger partial charge in [-0.15, -0.1) is 0 Å². The number of rotatable bonds is 8. The number of benzene rings is 3. The van der Waals surface area contributed by atoms with Crippen molar-refractivity contribution in [3.05, 3.63) is 95.1 Å². The molecule has 0 aliphatic rings. The summed E-state index contributed by atoms with van der Waals surface area (Å²) in [5.41, 5.74) is 2.08. The van der Waals surface area contributed by atoms with Gasteiger partial charge in [0.15, 0.2) is 12.4 Å². The first-order chi connectivity index (χ1) is 15.7. The minimum Gasteiger partial charge on any atom is -0.452 e. The molecule has 0 aliphatic carbocycles. The highest BCUT2D eigenvalue weighted by atomic mass is 32.2. The van der Waals surface area contributed by atoms with Crippen molar-refractivity contribution in [3.8, 4) is 5.75 Å². The predicted octanol–water partition coefficient (Wildman–Crippen LogP) is 4.11. The maximum Gasteiger partial charge on any atom is 0.342 e. The van der Waals surface area contributed by atoms with Crippen LogP contribution in [0.3, 0.4) is 0 Å². The molecule has 0 aliphatic heterocycles. The van der Waals surface area contributed by atoms with Crippen molar-refractivity contribution in [1.82, 2.24) is 5.32 Å². The number of esters is 1. The average molecular weight is 468 g/mol. The summed E-state index contributed by atoms with van der Waals surface area (Å²) in [5.74, 6) is -1.54. The fourth-order valence-corrected chi connectivity index (χ4v) is 4.43. The summed E-state index contributed by atoms with van der Waals surface area (Å²) < 4.78 is 36.0. The van der Waals surface area contributed by atoms with E-state index in [4.69, 9.17) is 8.92 Å². The SMILES string of the molecule is Cc1ccc(C)c(S(=O)(=O)Oc2ccccc2C(=O)OCC(=O)N[C@H](C)c2ccccc2)c1. The molecule has 0 aromatic heterocycles. The number of amides is 1. The van der Waals surface area contributed by atoms with Gasteiger partial charge in [0.25, 0.3) is 5.91 Å². The number of hydrogen-bond acceptors (Lipinski definition) is 6. The zero-order chi connectivity index (χ0) is 24.0. The van der Waals surface area contributed by atoms with Gasteiger partial charge in [0.1, 0.15) is 10.5 Å². The van der Waals surface area contributed by atoms with Gasteiger partial charge in [0.05, 0.1) is 6.04 Å². The van der Waals surface area contributed by atoms with E-state index in [1.807, 2.05) is 37.3 Å². The van der Waals surface area contributed by atoms with Crippen LogP contribution in [0, 0.1) is 13.8 Å². The molecule has 1 atom stereocenters. The van der Waals surface area contributed by atoms with Gasteiger partial charge in [0, 0.05) is 0 Å². The van der Waals surface area contributed by atoms with Gasteiger partial charge in [-0.2, -0.15) is 8.42 Å². The maximum absolute atomic E-state index is 12.8. The van der Waals surface area contributed by atoms with E-state index in [9.17, 15) is 18.0 Å². The molecule has 3 aromatic rings. The van der Waals surface area contributed by atoms with E-state index in [-0.39, 0.29) is 22.3 Å². The van der Waals surface area contributed by atoms with Crippen LogP contribution in [-0.2, 0) is 19.6 Å². The van der Waals surface area contributed by atoms with Crippen LogP contribution in [0.5, 0.6) is 5.75 Å². The number of aryl methyl sites for hydroxylation is 2. The fraction of sp³-hybridized carbons (Fsp3) is 0.200. The molecule has 33 heavy (non-hydrogen) atoms. The maximum atomic E-state index is 12.8. The van der Waals surface area contributed by atoms with Gasteiger partial charge in [-0.25, -0.2) is 4.79 Å². The second kappa shape index (κ2) is 10.3. The third-order valence-corrected chi connectivity index (χ3v) is 6.31. The minimum absolute atomic E-state index is 0.0138. The fourth-order valence-electron chi connectivity index (χ4n) is 3.16. The van der Waals surface area contributed by atoms with E-state index in [0.717, 1.165) is 11.1 Å². The molecular formula is C25H25NO6S. The second-order valence-electron chi connectivity index (χ2n) is 7.58. The Balaban J connectivity index is 1.69. The molecule has 0 unspecified atom stereocenters. The summed E-state index contributed by atoms with van der Waals surface area (Å²) >= 11 is 0. The standard InChI is InChI=1S/C25H25NO6S/c1-17-13-14-18(2)23(15-17)33(29,30)32-22-12-8-7-11-21(22)25(28)31-16-24(27)26-19(3)20-9-5-4-6-10-20/h4-15,19H,16H2,1-3H3,(H,26,27)/t19-/m1/s1. The monoisotopic (exact) mass is 467 g/mol. The lowest BCUT2D eigenvalue weighted by Crippen LogP contribution is -2.31. The van der Waals surface area contributed by atoms with E-state index in [1.54, 1.807) is 38.1 Å². The Morgan fingerprint density at radius 2 is 1.61 bits per heavy atom. The Kier molecular flexibility index (Phi) is 7.50. The molecule has 1 N–H and O–H groups in total. The summed E-state index contributed by atoms with van der Waals surface area (Å²) in [7, 11) is -4.19. The Hall–Kier alpha value is -3.65. The van der Waals surface area contributed by atoms with E-state index in [1.165, 1.54) is 18.2 Å². The van der Waals surface area contributed by atoms with E-state index in [0.29, 0.717) is 5.56 Å². The Labute approximate surface area is 193 Å². The summed E-state index contributed by atoms with van der Waals surface area (Å²) in [6.07, 6.45) is 0. The number of para-hydroxylation sites is 1. The first-order valence-corrected chi connectivity index (χ1v) is 11.7. The number of hydrogen-bond donors (Lipinski definition) is 1. The molecule has 0 radical (unpaired) electrons. The van der Waals surface area contributed by atoms with Crippen molar-refractivity contribution in [2.24, 2.45) is 0 Å². The van der Waals surface area contributed by atoms with Gasteiger partial charge in [-0.05, 0) is 55.7 Å². The third-order valence-electron chi connectivity index (χ3n) is 4.93. The van der Waals surface area contributed by atoms with Crippen molar-refractivity contribution in [1.29, 1.82) is 0 Å². The van der Waals surface area contributed by atoms with Crippen LogP contribution in [0.25, 0.3) is 0 Å². The highest BCUT2D eigenvalue weighted by Crippen LogP contribution is 2.26. The molecule has 172 valence electrons. The molecule has 1 amide bonds. The summed E-state index contributed by atoms with van der Waals surface area (Å²) in [4.78, 5) is 24.8. The van der Waals surface area contributed by atoms with Crippen molar-refractivity contribution < 1.29 is 26.9 Å². The molecule has 8 heteroatoms. The molecule has 0 spiro atoms. The van der Waals surface area contributed by atoms with Gasteiger partial charge in [-0.1, -0.05) is 54.6 Å². The van der Waals surface area contributed by atoms with Crippen LogP contribution in [0.15, 0.2) is 77.7 Å². The van der Waals surface area contributed by atoms with Gasteiger partial charge in [-0.3, -0.25) is 4.79 Å². The Morgan fingerprint density at radius 3 is 2.33 bits per heavy atom. The number of nitrogens with one attached hydrogen (secondary N) is 1. The molecule has 3 rings (SSSR count). The quantitative estimate of drug-likeness (QED) is 0.396. The minimum atomic E-state index is -4.19. The Morgan fingerprint density at radius 1 is 0.939 bits per heavy atom. The van der Waals surface area contributed by atoms with Crippen LogP contribution in [0.1, 0.15) is 40.0 Å². The highest BCUT2D eigenvalue weighted by molar-refractivity contribution is 7.87. The lowest BCUT2D eigenvalue weighted by molar-refractivity contribution is -0.124. The predicted molar refractivity (Wildman–Crippen MR) is 123 cm³/mol. The van der Waals surface area contributed by atoms with Crippen LogP contribution in [0.4, 0.5) is 0 Å². The summed E-state index contributed by atoms with van der Waals surface area (Å²) in [6.45, 7) is 4.72. The number of carbonyl (C=O) groups excluding carboxylic acids is 2. The van der Waals surface area contributed by atoms with Gasteiger partial charge in [0.2, 0.25) is 0 Å². The van der Waals surface area contributed by atoms with Gasteiger partial charge < -0.3 is 14.2 Å². The largest absolute Gasteiger partial charge is 0.452 e. The third kappa shape index (κ3) is 6.20. The average Bonchev–Trinajstić information content (AvgIpc) is 2.79. The number of ether oxygens (including phenoxy) is 1. The van der Waals surface area contributed by atoms with Crippen LogP contribution >= 0.6 is 0 Å². The molecule has 0 saturated carbocycles. The number of carbonyl (C=O) groups is 2. The summed E-state index contributed by atoms with van der Waals surface area (Å²) in [6, 6.07) is 19.9. The van der Waals surface area contributed by atoms with E-state index in [2.05, 4.69) is 5.32 Å². The molecule has 0 bridgehead atoms. The molecular weight excluding hydrogens is 442 g/mol. The summed E-state index contributed by atoms with van der Waals surface area (Å²) in [5, 5.41) is 2.75. The molecule has 0 heterocycles. The normalized spacial score (nSPS) is 12.0. The highest BCUT2D eigenvalue weighted by Gasteiger charge is 2.24. The Bertz CT molecular complexity index is 1250. The molecule has 0 saturated heterocycles. The van der Waals surface area contributed by atoms with E-state index < -0.39 is 28.6 Å². The first-order valence-electron chi connectivity index (χ1n) is 10.3. The van der Waals surface area contributed by atoms with Crippen LogP contribution in [0.2, 0.25) is 0 Å². The molecule has 7 nitrogen and oxygen atoms in total. The van der Waals surface area contributed by atoms with Gasteiger partial charge >= 0.3 is 16.1 Å². The van der Waals surface area contributed by atoms with E-state index >= 15 is 0 Å². The lowest BCUT2D eigenvalue weighted by atomic mass is 10.1. The smallest absolute Gasteiger partial charge is 0.342 e. The van der Waals surface area contributed by atoms with Crippen LogP contribution < -0.4 is 9.50 Å². The zero-order valence-corrected chi connectivity index (χ0v) is 19.4. The second-order valence-corrected chi connectivity index (χ2v) is 9.09. The molecule has 0 fully saturated rings. The van der Waals surface area contributed by atoms with Crippen molar-refractivity contribution in [3.63, 3.8) is 0 Å². The zero-order valence-electron chi connectivity index (χ0n) is 18.6. The van der Waals surface area contributed by atoms with Crippen molar-refractivity contribution in [2.45, 2.75) is 31.7 Å². The first kappa shape index (κ1) is 24.0. The van der Waals surface area contributed by atoms with Crippen molar-refractivity contribution >= 4 is 22.0 Å². The molecule has 3 aromatic carbocycles. The topological polar surface area (TPSA) is 98.8 Å². The lowest BCUT2D eigenvalue weighted by Gasteiger charge is -2.15. The van der Waals surface area contributed by atoms with Crippen LogP contribution in [-0.4, -0.2) is 26.9 Å². The van der Waals surface area contributed by atoms with Crippen molar-refractivity contribution in [2.75, 3.05) is 6.61 Å².